The third-order valence-corrected chi connectivity index (χ3v) is 7.64. The average molecular weight is 539 g/mol. The van der Waals surface area contributed by atoms with Gasteiger partial charge in [-0.2, -0.15) is 0 Å². The molecule has 0 atom stereocenters. The van der Waals surface area contributed by atoms with Gasteiger partial charge < -0.3 is 9.80 Å². The van der Waals surface area contributed by atoms with Crippen LogP contribution in [0.2, 0.25) is 0 Å². The summed E-state index contributed by atoms with van der Waals surface area (Å²) in [6.45, 7) is 6.19. The van der Waals surface area contributed by atoms with Crippen LogP contribution in [0.1, 0.15) is 22.3 Å². The van der Waals surface area contributed by atoms with Crippen LogP contribution in [0.4, 0.5) is 11.4 Å². The highest BCUT2D eigenvalue weighted by Crippen LogP contribution is 2.36. The van der Waals surface area contributed by atoms with E-state index in [1.54, 1.807) is 0 Å². The van der Waals surface area contributed by atoms with Gasteiger partial charge in [-0.1, -0.05) is 133 Å². The lowest BCUT2D eigenvalue weighted by Gasteiger charge is -2.32. The van der Waals surface area contributed by atoms with E-state index in [2.05, 4.69) is 165 Å². The fourth-order valence-electron chi connectivity index (χ4n) is 5.76. The van der Waals surface area contributed by atoms with Crippen LogP contribution >= 0.6 is 0 Å². The fraction of sp³-hybridized carbons (Fsp3) is 0.189. The Morgan fingerprint density at radius 2 is 0.634 bits per heavy atom. The lowest BCUT2D eigenvalue weighted by Crippen LogP contribution is -2.43. The number of hydrogen-bond donors (Lipinski definition) is 0. The number of hydrogen-bond acceptors (Lipinski definition) is 4. The van der Waals surface area contributed by atoms with Crippen LogP contribution in [0.5, 0.6) is 0 Å². The van der Waals surface area contributed by atoms with Crippen LogP contribution in [-0.4, -0.2) is 29.8 Å². The van der Waals surface area contributed by atoms with Crippen molar-refractivity contribution in [3.05, 3.63) is 168 Å². The molecule has 0 radical (unpaired) electrons. The zero-order chi connectivity index (χ0) is 27.7. The van der Waals surface area contributed by atoms with Gasteiger partial charge in [-0.15, -0.1) is 0 Å². The fourth-order valence-corrected chi connectivity index (χ4v) is 5.76. The van der Waals surface area contributed by atoms with Gasteiger partial charge in [0.2, 0.25) is 0 Å². The Labute approximate surface area is 244 Å². The summed E-state index contributed by atoms with van der Waals surface area (Å²) in [5.41, 5.74) is 7.96. The highest BCUT2D eigenvalue weighted by molar-refractivity contribution is 5.76. The summed E-state index contributed by atoms with van der Waals surface area (Å²) in [6.07, 6.45) is 0. The van der Waals surface area contributed by atoms with Crippen LogP contribution < -0.4 is 9.80 Å². The SMILES string of the molecule is c1ccc(CN(Cc2ccccc2)CN2CN(CN(Cc3ccccc3)Cc3ccccc3)c3ccccc32)cc1. The number of benzene rings is 5. The van der Waals surface area contributed by atoms with E-state index in [1.807, 2.05) is 0 Å². The van der Waals surface area contributed by atoms with Crippen molar-refractivity contribution in [3.8, 4) is 0 Å². The smallest absolute Gasteiger partial charge is 0.0929 e. The van der Waals surface area contributed by atoms with E-state index >= 15 is 0 Å². The monoisotopic (exact) mass is 538 g/mol. The van der Waals surface area contributed by atoms with E-state index in [1.165, 1.54) is 33.6 Å². The molecule has 0 aromatic heterocycles. The van der Waals surface area contributed by atoms with Crippen LogP contribution in [0.15, 0.2) is 146 Å². The first-order chi connectivity index (χ1) is 20.3. The van der Waals surface area contributed by atoms with Gasteiger partial charge in [-0.05, 0) is 34.4 Å². The molecule has 0 spiro atoms. The predicted octanol–water partition coefficient (Wildman–Crippen LogP) is 7.59. The van der Waals surface area contributed by atoms with E-state index in [-0.39, 0.29) is 0 Å². The van der Waals surface area contributed by atoms with Crippen molar-refractivity contribution in [2.24, 2.45) is 0 Å². The summed E-state index contributed by atoms with van der Waals surface area (Å²) >= 11 is 0. The van der Waals surface area contributed by atoms with Gasteiger partial charge in [-0.25, -0.2) is 0 Å². The second-order valence-electron chi connectivity index (χ2n) is 10.9. The maximum atomic E-state index is 2.55. The molecule has 4 nitrogen and oxygen atoms in total. The maximum absolute atomic E-state index is 2.55. The maximum Gasteiger partial charge on any atom is 0.0929 e. The number of para-hydroxylation sites is 2. The summed E-state index contributed by atoms with van der Waals surface area (Å²) in [7, 11) is 0. The van der Waals surface area contributed by atoms with Crippen molar-refractivity contribution in [2.75, 3.05) is 29.8 Å². The van der Waals surface area contributed by atoms with Gasteiger partial charge in [-0.3, -0.25) is 9.80 Å². The second kappa shape index (κ2) is 13.3. The van der Waals surface area contributed by atoms with Crippen LogP contribution in [-0.2, 0) is 26.2 Å². The minimum atomic E-state index is 0.856. The zero-order valence-corrected chi connectivity index (χ0v) is 23.6. The molecule has 1 heterocycles. The summed E-state index contributed by atoms with van der Waals surface area (Å²) < 4.78 is 0. The molecular weight excluding hydrogens is 500 g/mol. The molecule has 5 aromatic rings. The van der Waals surface area contributed by atoms with Gasteiger partial charge in [0.05, 0.1) is 31.4 Å². The van der Waals surface area contributed by atoms with E-state index < -0.39 is 0 Å². The van der Waals surface area contributed by atoms with E-state index in [9.17, 15) is 0 Å². The normalized spacial score (nSPS) is 12.7. The van der Waals surface area contributed by atoms with Gasteiger partial charge in [0.15, 0.2) is 0 Å². The molecule has 0 N–H and O–H groups in total. The molecule has 0 bridgehead atoms. The van der Waals surface area contributed by atoms with Crippen molar-refractivity contribution >= 4 is 11.4 Å². The molecule has 0 saturated carbocycles. The van der Waals surface area contributed by atoms with Crippen molar-refractivity contribution in [3.63, 3.8) is 0 Å². The van der Waals surface area contributed by atoms with Crippen molar-refractivity contribution in [1.82, 2.24) is 9.80 Å². The quantitative estimate of drug-likeness (QED) is 0.162. The summed E-state index contributed by atoms with van der Waals surface area (Å²) in [5, 5.41) is 0. The predicted molar refractivity (Wildman–Crippen MR) is 170 cm³/mol. The van der Waals surface area contributed by atoms with Crippen LogP contribution in [0.3, 0.4) is 0 Å². The molecular formula is C37H38N4. The van der Waals surface area contributed by atoms with Gasteiger partial charge in [0, 0.05) is 26.2 Å². The van der Waals surface area contributed by atoms with Gasteiger partial charge in [0.1, 0.15) is 0 Å². The molecule has 0 fully saturated rings. The largest absolute Gasteiger partial charge is 0.339 e. The summed E-state index contributed by atoms with van der Waals surface area (Å²) in [5.74, 6) is 0. The highest BCUT2D eigenvalue weighted by Gasteiger charge is 2.28. The third-order valence-electron chi connectivity index (χ3n) is 7.64. The van der Waals surface area contributed by atoms with E-state index in [4.69, 9.17) is 0 Å². The van der Waals surface area contributed by atoms with Gasteiger partial charge >= 0.3 is 0 Å². The summed E-state index contributed by atoms with van der Waals surface area (Å²) in [6, 6.07) is 52.2. The molecule has 4 heteroatoms. The molecule has 1 aliphatic heterocycles. The Balaban J connectivity index is 1.22. The number of rotatable bonds is 12. The molecule has 0 saturated heterocycles. The van der Waals surface area contributed by atoms with Gasteiger partial charge in [0.25, 0.3) is 0 Å². The minimum absolute atomic E-state index is 0.856. The standard InChI is InChI=1S/C37H38N4/c1-5-15-32(16-6-1)25-38(26-33-17-7-2-8-18-33)29-40-31-41(37-24-14-13-23-36(37)40)30-39(27-34-19-9-3-10-20-34)28-35-21-11-4-12-22-35/h1-24H,25-31H2. The average Bonchev–Trinajstić information content (AvgIpc) is 3.36. The zero-order valence-electron chi connectivity index (χ0n) is 23.6. The topological polar surface area (TPSA) is 13.0 Å². The highest BCUT2D eigenvalue weighted by atomic mass is 15.5. The molecule has 5 aromatic carbocycles. The first-order valence-electron chi connectivity index (χ1n) is 14.5. The molecule has 0 aliphatic carbocycles. The van der Waals surface area contributed by atoms with Crippen molar-refractivity contribution in [1.29, 1.82) is 0 Å². The Kier molecular flexibility index (Phi) is 8.71. The second-order valence-corrected chi connectivity index (χ2v) is 10.9. The minimum Gasteiger partial charge on any atom is -0.339 e. The molecule has 206 valence electrons. The molecule has 0 unspecified atom stereocenters. The number of anilines is 2. The molecule has 1 aliphatic rings. The Morgan fingerprint density at radius 1 is 0.366 bits per heavy atom. The number of nitrogens with zero attached hydrogens (tertiary/aromatic N) is 4. The first kappa shape index (κ1) is 26.8. The lowest BCUT2D eigenvalue weighted by molar-refractivity contribution is 0.244. The summed E-state index contributed by atoms with van der Waals surface area (Å²) in [4.78, 5) is 10.2. The Morgan fingerprint density at radius 3 is 0.927 bits per heavy atom. The molecule has 6 rings (SSSR count). The van der Waals surface area contributed by atoms with Crippen LogP contribution in [0.25, 0.3) is 0 Å². The molecule has 0 amide bonds. The Bertz CT molecular complexity index is 1280. The third kappa shape index (κ3) is 7.23. The Hall–Kier alpha value is -4.38. The lowest BCUT2D eigenvalue weighted by atomic mass is 10.1. The molecule has 41 heavy (non-hydrogen) atoms. The van der Waals surface area contributed by atoms with Crippen molar-refractivity contribution < 1.29 is 0 Å². The number of fused-ring (bicyclic) bond motifs is 1. The van der Waals surface area contributed by atoms with Crippen LogP contribution in [0, 0.1) is 0 Å². The van der Waals surface area contributed by atoms with E-state index in [0.717, 1.165) is 46.2 Å². The van der Waals surface area contributed by atoms with E-state index in [0.29, 0.717) is 0 Å². The first-order valence-corrected chi connectivity index (χ1v) is 14.5. The van der Waals surface area contributed by atoms with Crippen molar-refractivity contribution in [2.45, 2.75) is 26.2 Å².